The second kappa shape index (κ2) is 4.85. The van der Waals surface area contributed by atoms with Gasteiger partial charge < -0.3 is 10.5 Å². The fourth-order valence-electron chi connectivity index (χ4n) is 1.82. The summed E-state index contributed by atoms with van der Waals surface area (Å²) in [7, 11) is 0. The van der Waals surface area contributed by atoms with E-state index in [0.29, 0.717) is 17.3 Å². The minimum Gasteiger partial charge on any atom is -0.438 e. The third kappa shape index (κ3) is 2.51. The molecule has 0 radical (unpaired) electrons. The number of anilines is 1. The Hall–Kier alpha value is -2.14. The molecule has 1 heterocycles. The Labute approximate surface area is 118 Å². The zero-order chi connectivity index (χ0) is 13.2. The first-order chi connectivity index (χ1) is 9.22. The number of nitrogen functional groups attached to an aromatic ring is 1. The van der Waals surface area contributed by atoms with E-state index in [9.17, 15) is 0 Å². The number of aromatic nitrogens is 2. The maximum absolute atomic E-state index is 5.79. The minimum atomic E-state index is 0.517. The molecule has 0 atom stereocenters. The number of ether oxygens (including phenoxy) is 1. The number of benzene rings is 2. The Morgan fingerprint density at radius 3 is 2.74 bits per heavy atom. The van der Waals surface area contributed by atoms with Crippen molar-refractivity contribution >= 4 is 32.5 Å². The molecule has 0 fully saturated rings. The van der Waals surface area contributed by atoms with Crippen molar-refractivity contribution in [1.29, 1.82) is 0 Å². The van der Waals surface area contributed by atoms with Crippen LogP contribution in [-0.2, 0) is 0 Å². The van der Waals surface area contributed by atoms with Crippen LogP contribution in [0, 0.1) is 0 Å². The van der Waals surface area contributed by atoms with Crippen LogP contribution in [0.15, 0.2) is 53.3 Å². The topological polar surface area (TPSA) is 61.0 Å². The highest BCUT2D eigenvalue weighted by Crippen LogP contribution is 2.29. The first-order valence-electron chi connectivity index (χ1n) is 5.66. The van der Waals surface area contributed by atoms with Gasteiger partial charge in [-0.3, -0.25) is 0 Å². The zero-order valence-electron chi connectivity index (χ0n) is 9.88. The first-order valence-corrected chi connectivity index (χ1v) is 6.45. The maximum atomic E-state index is 5.79. The van der Waals surface area contributed by atoms with Gasteiger partial charge in [-0.25, -0.2) is 9.97 Å². The van der Waals surface area contributed by atoms with Gasteiger partial charge in [-0.1, -0.05) is 28.1 Å². The lowest BCUT2D eigenvalue weighted by molar-refractivity contribution is 0.468. The molecule has 0 amide bonds. The Balaban J connectivity index is 2.05. The van der Waals surface area contributed by atoms with Gasteiger partial charge in [0.2, 0.25) is 5.88 Å². The molecular formula is C14H10BrN3O. The number of fused-ring (bicyclic) bond motifs is 1. The SMILES string of the molecule is Nc1cc(Br)cc(Oc2ncnc3ccccc23)c1. The molecule has 3 aromatic rings. The third-order valence-corrected chi connectivity index (χ3v) is 3.07. The van der Waals surface area contributed by atoms with Crippen LogP contribution < -0.4 is 10.5 Å². The number of nitrogens with two attached hydrogens (primary N) is 1. The number of nitrogens with zero attached hydrogens (tertiary/aromatic N) is 2. The molecule has 1 aromatic heterocycles. The Morgan fingerprint density at radius 1 is 1.05 bits per heavy atom. The van der Waals surface area contributed by atoms with E-state index in [1.54, 1.807) is 6.07 Å². The second-order valence-corrected chi connectivity index (χ2v) is 4.93. The highest BCUT2D eigenvalue weighted by molar-refractivity contribution is 9.10. The van der Waals surface area contributed by atoms with Crippen molar-refractivity contribution in [3.05, 3.63) is 53.3 Å². The van der Waals surface area contributed by atoms with Crippen molar-refractivity contribution in [1.82, 2.24) is 9.97 Å². The quantitative estimate of drug-likeness (QED) is 0.731. The highest BCUT2D eigenvalue weighted by Gasteiger charge is 2.06. The second-order valence-electron chi connectivity index (χ2n) is 4.02. The molecule has 0 aliphatic rings. The molecule has 0 spiro atoms. The normalized spacial score (nSPS) is 10.6. The lowest BCUT2D eigenvalue weighted by Gasteiger charge is -2.08. The van der Waals surface area contributed by atoms with Gasteiger partial charge in [0.25, 0.3) is 0 Å². The van der Waals surface area contributed by atoms with E-state index >= 15 is 0 Å². The molecule has 0 unspecified atom stereocenters. The molecule has 3 rings (SSSR count). The average molecular weight is 316 g/mol. The molecule has 94 valence electrons. The molecule has 19 heavy (non-hydrogen) atoms. The van der Waals surface area contributed by atoms with E-state index in [2.05, 4.69) is 25.9 Å². The zero-order valence-corrected chi connectivity index (χ0v) is 11.5. The molecular weight excluding hydrogens is 306 g/mol. The van der Waals surface area contributed by atoms with Crippen LogP contribution in [0.5, 0.6) is 11.6 Å². The highest BCUT2D eigenvalue weighted by atomic mass is 79.9. The number of para-hydroxylation sites is 1. The van der Waals surface area contributed by atoms with E-state index in [-0.39, 0.29) is 0 Å². The smallest absolute Gasteiger partial charge is 0.230 e. The molecule has 2 N–H and O–H groups in total. The summed E-state index contributed by atoms with van der Waals surface area (Å²) in [5, 5.41) is 0.864. The summed E-state index contributed by atoms with van der Waals surface area (Å²) < 4.78 is 6.65. The van der Waals surface area contributed by atoms with Crippen molar-refractivity contribution < 1.29 is 4.74 Å². The van der Waals surface area contributed by atoms with Crippen LogP contribution in [0.3, 0.4) is 0 Å². The van der Waals surface area contributed by atoms with E-state index in [4.69, 9.17) is 10.5 Å². The van der Waals surface area contributed by atoms with E-state index in [1.807, 2.05) is 36.4 Å². The van der Waals surface area contributed by atoms with Crippen LogP contribution in [0.25, 0.3) is 10.9 Å². The summed E-state index contributed by atoms with van der Waals surface area (Å²) in [5.74, 6) is 1.15. The van der Waals surface area contributed by atoms with E-state index in [1.165, 1.54) is 6.33 Å². The molecule has 0 saturated heterocycles. The van der Waals surface area contributed by atoms with Gasteiger partial charge in [0.15, 0.2) is 0 Å². The monoisotopic (exact) mass is 315 g/mol. The van der Waals surface area contributed by atoms with Crippen molar-refractivity contribution in [2.24, 2.45) is 0 Å². The van der Waals surface area contributed by atoms with Gasteiger partial charge in [-0.2, -0.15) is 0 Å². The van der Waals surface area contributed by atoms with Crippen LogP contribution in [0.1, 0.15) is 0 Å². The summed E-state index contributed by atoms with van der Waals surface area (Å²) in [4.78, 5) is 8.37. The van der Waals surface area contributed by atoms with Gasteiger partial charge in [0.1, 0.15) is 12.1 Å². The number of hydrogen-bond donors (Lipinski definition) is 1. The molecule has 0 bridgehead atoms. The Bertz CT molecular complexity index is 720. The van der Waals surface area contributed by atoms with Gasteiger partial charge in [0.05, 0.1) is 10.9 Å². The summed E-state index contributed by atoms with van der Waals surface area (Å²) in [5.41, 5.74) is 7.25. The van der Waals surface area contributed by atoms with E-state index in [0.717, 1.165) is 15.4 Å². The van der Waals surface area contributed by atoms with Gasteiger partial charge >= 0.3 is 0 Å². The fraction of sp³-hybridized carbons (Fsp3) is 0. The third-order valence-electron chi connectivity index (χ3n) is 2.61. The summed E-state index contributed by atoms with van der Waals surface area (Å²) in [6.45, 7) is 0. The van der Waals surface area contributed by atoms with Crippen LogP contribution in [0.4, 0.5) is 5.69 Å². The maximum Gasteiger partial charge on any atom is 0.230 e. The van der Waals surface area contributed by atoms with Crippen LogP contribution >= 0.6 is 15.9 Å². The summed E-state index contributed by atoms with van der Waals surface area (Å²) in [6.07, 6.45) is 1.49. The van der Waals surface area contributed by atoms with Gasteiger partial charge in [0, 0.05) is 16.2 Å². The predicted molar refractivity (Wildman–Crippen MR) is 78.2 cm³/mol. The Morgan fingerprint density at radius 2 is 1.89 bits per heavy atom. The molecule has 5 heteroatoms. The first kappa shape index (κ1) is 11.9. The number of halogens is 1. The van der Waals surface area contributed by atoms with Crippen LogP contribution in [0.2, 0.25) is 0 Å². The lowest BCUT2D eigenvalue weighted by Crippen LogP contribution is -1.92. The van der Waals surface area contributed by atoms with Crippen molar-refractivity contribution in [2.75, 3.05) is 5.73 Å². The molecule has 2 aromatic carbocycles. The molecule has 4 nitrogen and oxygen atoms in total. The fourth-order valence-corrected chi connectivity index (χ4v) is 2.31. The molecule has 0 aliphatic carbocycles. The number of hydrogen-bond acceptors (Lipinski definition) is 4. The largest absolute Gasteiger partial charge is 0.438 e. The molecule has 0 aliphatic heterocycles. The number of rotatable bonds is 2. The average Bonchev–Trinajstić information content (AvgIpc) is 2.38. The van der Waals surface area contributed by atoms with Gasteiger partial charge in [-0.15, -0.1) is 0 Å². The van der Waals surface area contributed by atoms with E-state index < -0.39 is 0 Å². The summed E-state index contributed by atoms with van der Waals surface area (Å²) >= 11 is 3.38. The lowest BCUT2D eigenvalue weighted by atomic mass is 10.2. The van der Waals surface area contributed by atoms with Crippen molar-refractivity contribution in [2.45, 2.75) is 0 Å². The predicted octanol–water partition coefficient (Wildman–Crippen LogP) is 3.77. The van der Waals surface area contributed by atoms with Gasteiger partial charge in [-0.05, 0) is 24.3 Å². The standard InChI is InChI=1S/C14H10BrN3O/c15-9-5-10(16)7-11(6-9)19-14-12-3-1-2-4-13(12)17-8-18-14/h1-8H,16H2. The minimum absolute atomic E-state index is 0.517. The van der Waals surface area contributed by atoms with Crippen molar-refractivity contribution in [3.63, 3.8) is 0 Å². The summed E-state index contributed by atoms with van der Waals surface area (Å²) in [6, 6.07) is 13.1. The van der Waals surface area contributed by atoms with Crippen LogP contribution in [-0.4, -0.2) is 9.97 Å². The van der Waals surface area contributed by atoms with Crippen molar-refractivity contribution in [3.8, 4) is 11.6 Å². The Kier molecular flexibility index (Phi) is 3.05. The molecule has 0 saturated carbocycles.